The Labute approximate surface area is 94.3 Å². The second kappa shape index (κ2) is 5.07. The lowest BCUT2D eigenvalue weighted by Gasteiger charge is -2.24. The number of halogens is 1. The van der Waals surface area contributed by atoms with E-state index in [4.69, 9.17) is 16.3 Å². The predicted octanol–water partition coefficient (Wildman–Crippen LogP) is 1.09. The van der Waals surface area contributed by atoms with Gasteiger partial charge in [0.1, 0.15) is 5.16 Å². The zero-order chi connectivity index (χ0) is 11.4. The quantitative estimate of drug-likeness (QED) is 0.563. The normalized spacial score (nSPS) is 20.5. The molecule has 0 unspecified atom stereocenters. The Morgan fingerprint density at radius 1 is 1.73 bits per heavy atom. The minimum absolute atomic E-state index is 0.149. The van der Waals surface area contributed by atoms with Crippen LogP contribution >= 0.6 is 11.6 Å². The van der Waals surface area contributed by atoms with E-state index in [0.717, 1.165) is 0 Å². The molecule has 0 aromatic rings. The third kappa shape index (κ3) is 2.65. The van der Waals surface area contributed by atoms with E-state index in [1.54, 1.807) is 20.0 Å². The maximum Gasteiger partial charge on any atom is 0.338 e. The topological polar surface area (TPSA) is 50.4 Å². The molecule has 0 spiro atoms. The van der Waals surface area contributed by atoms with Gasteiger partial charge in [0.25, 0.3) is 0 Å². The summed E-state index contributed by atoms with van der Waals surface area (Å²) in [5, 5.41) is 6.41. The van der Waals surface area contributed by atoms with Crippen LogP contribution in [0.25, 0.3) is 0 Å². The molecule has 1 atom stereocenters. The molecule has 4 nitrogen and oxygen atoms in total. The number of rotatable bonds is 3. The Morgan fingerprint density at radius 3 is 2.93 bits per heavy atom. The zero-order valence-electron chi connectivity index (χ0n) is 9.06. The molecule has 1 rings (SSSR count). The second-order valence-corrected chi connectivity index (χ2v) is 3.56. The van der Waals surface area contributed by atoms with Crippen LogP contribution in [0.5, 0.6) is 0 Å². The van der Waals surface area contributed by atoms with Crippen LogP contribution in [-0.2, 0) is 9.53 Å². The molecule has 0 aromatic heterocycles. The fraction of sp³-hybridized carbons (Fsp3) is 0.500. The zero-order valence-corrected chi connectivity index (χ0v) is 9.81. The van der Waals surface area contributed by atoms with Crippen LogP contribution in [-0.4, -0.2) is 25.7 Å². The fourth-order valence-electron chi connectivity index (χ4n) is 1.46. The van der Waals surface area contributed by atoms with Crippen molar-refractivity contribution < 1.29 is 9.53 Å². The Bertz CT molecular complexity index is 323. The average molecular weight is 231 g/mol. The van der Waals surface area contributed by atoms with Crippen molar-refractivity contribution in [2.45, 2.75) is 19.9 Å². The third-order valence-corrected chi connectivity index (χ3v) is 2.33. The Kier molecular flexibility index (Phi) is 4.03. The lowest BCUT2D eigenvalue weighted by molar-refractivity contribution is -0.138. The van der Waals surface area contributed by atoms with Gasteiger partial charge in [-0.25, -0.2) is 4.79 Å². The van der Waals surface area contributed by atoms with Gasteiger partial charge in [-0.15, -0.1) is 0 Å². The van der Waals surface area contributed by atoms with Crippen LogP contribution in [0, 0.1) is 0 Å². The van der Waals surface area contributed by atoms with E-state index in [0.29, 0.717) is 23.0 Å². The molecule has 0 amide bonds. The van der Waals surface area contributed by atoms with Crippen molar-refractivity contribution in [2.24, 2.45) is 0 Å². The summed E-state index contributed by atoms with van der Waals surface area (Å²) in [5.74, 6) is -0.317. The predicted molar refractivity (Wildman–Crippen MR) is 59.3 cm³/mol. The third-order valence-electron chi connectivity index (χ3n) is 2.11. The molecule has 0 saturated carbocycles. The molecular formula is C10H15ClN2O2. The van der Waals surface area contributed by atoms with Gasteiger partial charge in [0.05, 0.1) is 18.2 Å². The first kappa shape index (κ1) is 11.9. The van der Waals surface area contributed by atoms with Gasteiger partial charge in [-0.3, -0.25) is 0 Å². The number of likely N-dealkylation sites (N-methyl/N-ethyl adjacent to an activating group) is 1. The highest BCUT2D eigenvalue weighted by Crippen LogP contribution is 2.19. The summed E-state index contributed by atoms with van der Waals surface area (Å²) in [5.41, 5.74) is 1.27. The molecule has 1 aliphatic rings. The minimum Gasteiger partial charge on any atom is -0.463 e. The number of dihydropyridines is 1. The maximum atomic E-state index is 11.7. The summed E-state index contributed by atoms with van der Waals surface area (Å²) in [6.45, 7) is 4.00. The maximum absolute atomic E-state index is 11.7. The lowest BCUT2D eigenvalue weighted by atomic mass is 10.0. The summed E-state index contributed by atoms with van der Waals surface area (Å²) in [4.78, 5) is 11.7. The van der Waals surface area contributed by atoms with Crippen LogP contribution in [0.3, 0.4) is 0 Å². The van der Waals surface area contributed by atoms with Gasteiger partial charge in [0, 0.05) is 12.7 Å². The molecule has 0 saturated heterocycles. The lowest BCUT2D eigenvalue weighted by Crippen LogP contribution is -2.36. The van der Waals surface area contributed by atoms with Gasteiger partial charge in [0.2, 0.25) is 0 Å². The number of carbonyl (C=O) groups excluding carboxylic acids is 1. The standard InChI is InChI=1S/C10H15ClN2O2/c1-4-15-10(14)9-6(2)13-8(11)5-7(9)12-3/h5-6,12-13H,4H2,1-3H3/t6-/m0/s1. The highest BCUT2D eigenvalue weighted by Gasteiger charge is 2.25. The molecule has 0 bridgehead atoms. The Morgan fingerprint density at radius 2 is 2.40 bits per heavy atom. The molecule has 0 radical (unpaired) electrons. The molecule has 2 N–H and O–H groups in total. The van der Waals surface area contributed by atoms with E-state index in [1.165, 1.54) is 0 Å². The summed E-state index contributed by atoms with van der Waals surface area (Å²) in [6.07, 6.45) is 1.67. The van der Waals surface area contributed by atoms with Gasteiger partial charge in [0.15, 0.2) is 0 Å². The summed E-state index contributed by atoms with van der Waals surface area (Å²) < 4.78 is 4.97. The van der Waals surface area contributed by atoms with Crippen molar-refractivity contribution in [1.29, 1.82) is 0 Å². The summed E-state index contributed by atoms with van der Waals surface area (Å²) in [7, 11) is 1.74. The van der Waals surface area contributed by atoms with E-state index < -0.39 is 0 Å². The molecule has 15 heavy (non-hydrogen) atoms. The highest BCUT2D eigenvalue weighted by atomic mass is 35.5. The number of hydrogen-bond acceptors (Lipinski definition) is 4. The summed E-state index contributed by atoms with van der Waals surface area (Å²) >= 11 is 5.86. The van der Waals surface area contributed by atoms with E-state index in [-0.39, 0.29) is 12.0 Å². The highest BCUT2D eigenvalue weighted by molar-refractivity contribution is 6.29. The average Bonchev–Trinajstić information content (AvgIpc) is 2.16. The SMILES string of the molecule is CCOC(=O)C1=C(NC)C=C(Cl)N[C@H]1C. The first-order chi connectivity index (χ1) is 7.10. The first-order valence-electron chi connectivity index (χ1n) is 4.83. The smallest absolute Gasteiger partial charge is 0.338 e. The second-order valence-electron chi connectivity index (χ2n) is 3.16. The number of ether oxygens (including phenoxy) is 1. The minimum atomic E-state index is -0.317. The van der Waals surface area contributed by atoms with Crippen LogP contribution in [0.4, 0.5) is 0 Å². The number of nitrogens with one attached hydrogen (secondary N) is 2. The van der Waals surface area contributed by atoms with Crippen molar-refractivity contribution in [1.82, 2.24) is 10.6 Å². The van der Waals surface area contributed by atoms with E-state index in [2.05, 4.69) is 10.6 Å². The van der Waals surface area contributed by atoms with Gasteiger partial charge >= 0.3 is 5.97 Å². The molecule has 84 valence electrons. The van der Waals surface area contributed by atoms with Crippen molar-refractivity contribution in [3.8, 4) is 0 Å². The van der Waals surface area contributed by atoms with Crippen LogP contribution in [0.2, 0.25) is 0 Å². The number of esters is 1. The number of hydrogen-bond donors (Lipinski definition) is 2. The van der Waals surface area contributed by atoms with E-state index in [9.17, 15) is 4.79 Å². The molecule has 1 heterocycles. The number of allylic oxidation sites excluding steroid dienone is 1. The number of carbonyl (C=O) groups is 1. The van der Waals surface area contributed by atoms with Crippen molar-refractivity contribution in [3.05, 3.63) is 22.5 Å². The Balaban J connectivity index is 3.02. The largest absolute Gasteiger partial charge is 0.463 e. The molecule has 0 fully saturated rings. The molecule has 0 aliphatic carbocycles. The monoisotopic (exact) mass is 230 g/mol. The van der Waals surface area contributed by atoms with Crippen LogP contribution < -0.4 is 10.6 Å². The molecule has 5 heteroatoms. The van der Waals surface area contributed by atoms with Crippen molar-refractivity contribution in [3.63, 3.8) is 0 Å². The van der Waals surface area contributed by atoms with Crippen molar-refractivity contribution in [2.75, 3.05) is 13.7 Å². The van der Waals surface area contributed by atoms with Gasteiger partial charge in [-0.2, -0.15) is 0 Å². The molecule has 1 aliphatic heterocycles. The van der Waals surface area contributed by atoms with Gasteiger partial charge < -0.3 is 15.4 Å². The van der Waals surface area contributed by atoms with E-state index >= 15 is 0 Å². The van der Waals surface area contributed by atoms with Crippen LogP contribution in [0.1, 0.15) is 13.8 Å². The van der Waals surface area contributed by atoms with Gasteiger partial charge in [-0.1, -0.05) is 11.6 Å². The fourth-order valence-corrected chi connectivity index (χ4v) is 1.73. The Hall–Kier alpha value is -1.16. The first-order valence-corrected chi connectivity index (χ1v) is 5.20. The van der Waals surface area contributed by atoms with Crippen molar-refractivity contribution >= 4 is 17.6 Å². The van der Waals surface area contributed by atoms with Crippen LogP contribution in [0.15, 0.2) is 22.5 Å². The molecule has 0 aromatic carbocycles. The molecular weight excluding hydrogens is 216 g/mol. The van der Waals surface area contributed by atoms with Gasteiger partial charge in [-0.05, 0) is 19.9 Å². The van der Waals surface area contributed by atoms with E-state index in [1.807, 2.05) is 6.92 Å². The summed E-state index contributed by atoms with van der Waals surface area (Å²) in [6, 6.07) is -0.149.